The van der Waals surface area contributed by atoms with Crippen molar-refractivity contribution in [2.24, 2.45) is 13.0 Å². The minimum atomic E-state index is 0.0828. The summed E-state index contributed by atoms with van der Waals surface area (Å²) in [5, 5.41) is 13.9. The van der Waals surface area contributed by atoms with Gasteiger partial charge in [0.2, 0.25) is 5.91 Å². The number of piperidine rings is 1. The molecule has 0 aliphatic carbocycles. The molecule has 1 fully saturated rings. The van der Waals surface area contributed by atoms with Crippen molar-refractivity contribution in [3.05, 3.63) is 12.2 Å². The number of aryl methyl sites for hydroxylation is 1. The van der Waals surface area contributed by atoms with Gasteiger partial charge in [0.05, 0.1) is 12.5 Å². The lowest BCUT2D eigenvalue weighted by atomic mass is 9.95. The fourth-order valence-electron chi connectivity index (χ4n) is 2.00. The largest absolute Gasteiger partial charge is 0.349 e. The fraction of sp³-hybridized carbons (Fsp3) is 0.727. The van der Waals surface area contributed by atoms with E-state index in [1.807, 2.05) is 11.6 Å². The highest BCUT2D eigenvalue weighted by molar-refractivity contribution is 5.78. The molecule has 2 N–H and O–H groups in total. The molecule has 2 unspecified atom stereocenters. The Labute approximate surface area is 101 Å². The second-order valence-corrected chi connectivity index (χ2v) is 4.66. The van der Waals surface area contributed by atoms with Crippen molar-refractivity contribution >= 4 is 5.91 Å². The van der Waals surface area contributed by atoms with E-state index in [9.17, 15) is 4.79 Å². The molecule has 0 saturated carbocycles. The van der Waals surface area contributed by atoms with Crippen molar-refractivity contribution in [1.29, 1.82) is 0 Å². The molecule has 1 saturated heterocycles. The molecule has 6 nitrogen and oxygen atoms in total. The lowest BCUT2D eigenvalue weighted by Gasteiger charge is -2.26. The van der Waals surface area contributed by atoms with Crippen LogP contribution >= 0.6 is 0 Å². The van der Waals surface area contributed by atoms with Crippen LogP contribution in [0.2, 0.25) is 0 Å². The maximum Gasteiger partial charge on any atom is 0.224 e. The molecule has 94 valence electrons. The Hall–Kier alpha value is -1.43. The monoisotopic (exact) mass is 237 g/mol. The summed E-state index contributed by atoms with van der Waals surface area (Å²) in [5.74, 6) is 0.960. The maximum absolute atomic E-state index is 11.9. The van der Waals surface area contributed by atoms with Crippen LogP contribution in [-0.2, 0) is 18.4 Å². The van der Waals surface area contributed by atoms with Crippen LogP contribution in [0.1, 0.15) is 25.6 Å². The van der Waals surface area contributed by atoms with E-state index in [4.69, 9.17) is 0 Å². The van der Waals surface area contributed by atoms with Gasteiger partial charge in [-0.1, -0.05) is 0 Å². The van der Waals surface area contributed by atoms with Gasteiger partial charge in [0, 0.05) is 19.6 Å². The smallest absolute Gasteiger partial charge is 0.224 e. The molecule has 0 bridgehead atoms. The topological polar surface area (TPSA) is 71.8 Å². The maximum atomic E-state index is 11.9. The molecule has 2 heterocycles. The van der Waals surface area contributed by atoms with E-state index in [1.54, 1.807) is 6.33 Å². The van der Waals surface area contributed by atoms with Crippen molar-refractivity contribution in [3.8, 4) is 0 Å². The predicted molar refractivity (Wildman–Crippen MR) is 63.0 cm³/mol. The summed E-state index contributed by atoms with van der Waals surface area (Å²) in [5.41, 5.74) is 0. The number of aromatic nitrogens is 3. The molecule has 0 radical (unpaired) electrons. The Kier molecular flexibility index (Phi) is 3.73. The van der Waals surface area contributed by atoms with E-state index in [1.165, 1.54) is 0 Å². The normalized spacial score (nSPS) is 24.6. The lowest BCUT2D eigenvalue weighted by molar-refractivity contribution is -0.125. The molecular formula is C11H19N5O. The molecular weight excluding hydrogens is 218 g/mol. The van der Waals surface area contributed by atoms with Gasteiger partial charge in [-0.3, -0.25) is 4.79 Å². The van der Waals surface area contributed by atoms with E-state index >= 15 is 0 Å². The van der Waals surface area contributed by atoms with Crippen molar-refractivity contribution in [2.45, 2.75) is 32.4 Å². The molecule has 0 aromatic carbocycles. The standard InChI is InChI=1S/C11H19N5O/c1-8-3-4-9(5-12-8)11(17)13-6-10-15-14-7-16(10)2/h7-9,12H,3-6H2,1-2H3,(H,13,17). The van der Waals surface area contributed by atoms with Crippen molar-refractivity contribution in [1.82, 2.24) is 25.4 Å². The highest BCUT2D eigenvalue weighted by Crippen LogP contribution is 2.14. The van der Waals surface area contributed by atoms with Gasteiger partial charge in [0.25, 0.3) is 0 Å². The van der Waals surface area contributed by atoms with Gasteiger partial charge >= 0.3 is 0 Å². The zero-order valence-electron chi connectivity index (χ0n) is 10.3. The minimum absolute atomic E-state index is 0.0828. The SMILES string of the molecule is CC1CCC(C(=O)NCc2nncn2C)CN1. The lowest BCUT2D eigenvalue weighted by Crippen LogP contribution is -2.44. The molecule has 1 aliphatic rings. The number of amides is 1. The number of nitrogens with zero attached hydrogens (tertiary/aromatic N) is 3. The molecule has 1 aromatic rings. The van der Waals surface area contributed by atoms with Crippen molar-refractivity contribution in [2.75, 3.05) is 6.54 Å². The van der Waals surface area contributed by atoms with Crippen LogP contribution in [0.4, 0.5) is 0 Å². The molecule has 1 amide bonds. The van der Waals surface area contributed by atoms with Crippen LogP contribution in [0, 0.1) is 5.92 Å². The summed E-state index contributed by atoms with van der Waals surface area (Å²) in [7, 11) is 1.87. The Morgan fingerprint density at radius 2 is 2.47 bits per heavy atom. The quantitative estimate of drug-likeness (QED) is 0.765. The van der Waals surface area contributed by atoms with Gasteiger partial charge in [-0.25, -0.2) is 0 Å². The first kappa shape index (κ1) is 12.0. The first-order valence-electron chi connectivity index (χ1n) is 6.01. The Morgan fingerprint density at radius 3 is 3.06 bits per heavy atom. The molecule has 1 aromatic heterocycles. The summed E-state index contributed by atoms with van der Waals surface area (Å²) in [4.78, 5) is 11.9. The van der Waals surface area contributed by atoms with Gasteiger partial charge in [-0.2, -0.15) is 0 Å². The molecule has 1 aliphatic heterocycles. The van der Waals surface area contributed by atoms with Gasteiger partial charge in [-0.05, 0) is 19.8 Å². The molecule has 6 heteroatoms. The van der Waals surface area contributed by atoms with Gasteiger partial charge in [0.1, 0.15) is 6.33 Å². The number of carbonyl (C=O) groups excluding carboxylic acids is 1. The Morgan fingerprint density at radius 1 is 1.65 bits per heavy atom. The van der Waals surface area contributed by atoms with Crippen LogP contribution in [0.5, 0.6) is 0 Å². The van der Waals surface area contributed by atoms with E-state index in [-0.39, 0.29) is 11.8 Å². The van der Waals surface area contributed by atoms with Crippen molar-refractivity contribution < 1.29 is 4.79 Å². The van der Waals surface area contributed by atoms with E-state index in [0.717, 1.165) is 25.2 Å². The van der Waals surface area contributed by atoms with E-state index in [2.05, 4.69) is 27.8 Å². The highest BCUT2D eigenvalue weighted by atomic mass is 16.1. The van der Waals surface area contributed by atoms with Crippen LogP contribution < -0.4 is 10.6 Å². The first-order chi connectivity index (χ1) is 8.16. The second-order valence-electron chi connectivity index (χ2n) is 4.66. The summed E-state index contributed by atoms with van der Waals surface area (Å²) in [6.07, 6.45) is 3.65. The zero-order valence-corrected chi connectivity index (χ0v) is 10.3. The van der Waals surface area contributed by atoms with E-state index in [0.29, 0.717) is 12.6 Å². The third-order valence-electron chi connectivity index (χ3n) is 3.26. The summed E-state index contributed by atoms with van der Waals surface area (Å²) >= 11 is 0. The molecule has 2 rings (SSSR count). The summed E-state index contributed by atoms with van der Waals surface area (Å²) in [6.45, 7) is 3.36. The molecule has 17 heavy (non-hydrogen) atoms. The molecule has 2 atom stereocenters. The average molecular weight is 237 g/mol. The fourth-order valence-corrected chi connectivity index (χ4v) is 2.00. The van der Waals surface area contributed by atoms with Crippen LogP contribution in [-0.4, -0.2) is 33.3 Å². The number of nitrogens with one attached hydrogen (secondary N) is 2. The first-order valence-corrected chi connectivity index (χ1v) is 6.01. The zero-order chi connectivity index (χ0) is 12.3. The number of carbonyl (C=O) groups is 1. The van der Waals surface area contributed by atoms with Gasteiger partial charge < -0.3 is 15.2 Å². The van der Waals surface area contributed by atoms with Crippen LogP contribution in [0.15, 0.2) is 6.33 Å². The number of rotatable bonds is 3. The predicted octanol–water partition coefficient (Wildman–Crippen LogP) is -0.181. The Bertz CT molecular complexity index is 381. The highest BCUT2D eigenvalue weighted by Gasteiger charge is 2.23. The third-order valence-corrected chi connectivity index (χ3v) is 3.26. The second kappa shape index (κ2) is 5.27. The van der Waals surface area contributed by atoms with Gasteiger partial charge in [-0.15, -0.1) is 10.2 Å². The van der Waals surface area contributed by atoms with E-state index < -0.39 is 0 Å². The summed E-state index contributed by atoms with van der Waals surface area (Å²) < 4.78 is 1.81. The summed E-state index contributed by atoms with van der Waals surface area (Å²) in [6, 6.07) is 0.526. The van der Waals surface area contributed by atoms with Crippen LogP contribution in [0.25, 0.3) is 0 Å². The number of hydrogen-bond donors (Lipinski definition) is 2. The van der Waals surface area contributed by atoms with Crippen molar-refractivity contribution in [3.63, 3.8) is 0 Å². The Balaban J connectivity index is 1.80. The van der Waals surface area contributed by atoms with Crippen LogP contribution in [0.3, 0.4) is 0 Å². The average Bonchev–Trinajstić information content (AvgIpc) is 2.73. The minimum Gasteiger partial charge on any atom is -0.349 e. The third kappa shape index (κ3) is 3.03. The van der Waals surface area contributed by atoms with Gasteiger partial charge in [0.15, 0.2) is 5.82 Å². The molecule has 0 spiro atoms. The number of hydrogen-bond acceptors (Lipinski definition) is 4.